The average Bonchev–Trinajstić information content (AvgIpc) is 3.30. The molecule has 0 radical (unpaired) electrons. The first-order valence-corrected chi connectivity index (χ1v) is 8.91. The van der Waals surface area contributed by atoms with Crippen LogP contribution in [0.3, 0.4) is 0 Å². The van der Waals surface area contributed by atoms with E-state index in [0.717, 1.165) is 35.9 Å². The van der Waals surface area contributed by atoms with E-state index in [0.29, 0.717) is 25.7 Å². The fourth-order valence-electron chi connectivity index (χ4n) is 4.14. The maximum atomic E-state index is 12.9. The molecule has 0 spiro atoms. The van der Waals surface area contributed by atoms with Gasteiger partial charge in [0.15, 0.2) is 0 Å². The van der Waals surface area contributed by atoms with Gasteiger partial charge in [0.25, 0.3) is 0 Å². The number of rotatable bonds is 3. The predicted octanol–water partition coefficient (Wildman–Crippen LogP) is 3.48. The van der Waals surface area contributed by atoms with Crippen molar-refractivity contribution in [2.24, 2.45) is 5.92 Å². The van der Waals surface area contributed by atoms with Crippen LogP contribution in [0.4, 0.5) is 10.5 Å². The number of nitrogens with zero attached hydrogens (tertiary/aromatic N) is 1. The second-order valence-electron chi connectivity index (χ2n) is 6.81. The molecule has 1 aromatic carbocycles. The number of hydrogen-bond acceptors (Lipinski definition) is 4. The van der Waals surface area contributed by atoms with E-state index in [2.05, 4.69) is 5.32 Å². The molecular weight excluding hydrogens is 320 g/mol. The molecule has 1 aliphatic heterocycles. The van der Waals surface area contributed by atoms with Crippen molar-refractivity contribution in [1.29, 1.82) is 0 Å². The van der Waals surface area contributed by atoms with Crippen LogP contribution in [0.1, 0.15) is 19.3 Å². The zero-order chi connectivity index (χ0) is 17.2. The van der Waals surface area contributed by atoms with Crippen molar-refractivity contribution in [1.82, 2.24) is 4.90 Å². The summed E-state index contributed by atoms with van der Waals surface area (Å²) in [6, 6.07) is 7.59. The molecule has 2 aliphatic rings. The van der Waals surface area contributed by atoms with Gasteiger partial charge >= 0.3 is 6.03 Å². The SMILES string of the molecule is COC1CCCC1C1COCCN1C(=O)Nc1ccc2ccoc2c1. The molecule has 1 aliphatic carbocycles. The second kappa shape index (κ2) is 7.06. The van der Waals surface area contributed by atoms with Crippen LogP contribution in [0.15, 0.2) is 34.9 Å². The maximum Gasteiger partial charge on any atom is 0.322 e. The Morgan fingerprint density at radius 1 is 1.32 bits per heavy atom. The van der Waals surface area contributed by atoms with Crippen LogP contribution in [0.25, 0.3) is 11.0 Å². The van der Waals surface area contributed by atoms with Crippen molar-refractivity contribution >= 4 is 22.7 Å². The van der Waals surface area contributed by atoms with Crippen LogP contribution >= 0.6 is 0 Å². The van der Waals surface area contributed by atoms with Crippen molar-refractivity contribution in [2.75, 3.05) is 32.2 Å². The Labute approximate surface area is 147 Å². The van der Waals surface area contributed by atoms with Crippen LogP contribution in [0.5, 0.6) is 0 Å². The van der Waals surface area contributed by atoms with E-state index >= 15 is 0 Å². The quantitative estimate of drug-likeness (QED) is 0.926. The van der Waals surface area contributed by atoms with E-state index in [-0.39, 0.29) is 18.2 Å². The van der Waals surface area contributed by atoms with Gasteiger partial charge in [-0.15, -0.1) is 0 Å². The number of morpholine rings is 1. The Kier molecular flexibility index (Phi) is 4.63. The molecule has 1 saturated heterocycles. The number of furan rings is 1. The van der Waals surface area contributed by atoms with Gasteiger partial charge in [-0.05, 0) is 31.0 Å². The topological polar surface area (TPSA) is 63.9 Å². The molecule has 3 atom stereocenters. The number of urea groups is 1. The number of carbonyl (C=O) groups is 1. The van der Waals surface area contributed by atoms with Gasteiger partial charge < -0.3 is 24.1 Å². The number of carbonyl (C=O) groups excluding carboxylic acids is 1. The van der Waals surface area contributed by atoms with Gasteiger partial charge in [-0.3, -0.25) is 0 Å². The molecular formula is C19H24N2O4. The Bertz CT molecular complexity index is 744. The van der Waals surface area contributed by atoms with Crippen LogP contribution in [-0.2, 0) is 9.47 Å². The van der Waals surface area contributed by atoms with E-state index in [1.165, 1.54) is 0 Å². The van der Waals surface area contributed by atoms with Gasteiger partial charge in [0.1, 0.15) is 5.58 Å². The molecule has 2 fully saturated rings. The van der Waals surface area contributed by atoms with E-state index in [1.54, 1.807) is 13.4 Å². The van der Waals surface area contributed by atoms with Gasteiger partial charge in [-0.2, -0.15) is 0 Å². The Morgan fingerprint density at radius 2 is 2.24 bits per heavy atom. The standard InChI is InChI=1S/C19H24N2O4/c1-23-17-4-2-3-15(17)16-12-24-10-8-21(16)19(22)20-14-6-5-13-7-9-25-18(13)11-14/h5-7,9,11,15-17H,2-4,8,10,12H2,1H3,(H,20,22). The lowest BCUT2D eigenvalue weighted by atomic mass is 9.94. The van der Waals surface area contributed by atoms with Crippen molar-refractivity contribution in [3.05, 3.63) is 30.5 Å². The summed E-state index contributed by atoms with van der Waals surface area (Å²) in [5, 5.41) is 4.03. The Balaban J connectivity index is 1.50. The molecule has 6 nitrogen and oxygen atoms in total. The monoisotopic (exact) mass is 344 g/mol. The number of benzene rings is 1. The number of fused-ring (bicyclic) bond motifs is 1. The first-order valence-electron chi connectivity index (χ1n) is 8.91. The van der Waals surface area contributed by atoms with Gasteiger partial charge in [0, 0.05) is 36.7 Å². The number of methoxy groups -OCH3 is 1. The summed E-state index contributed by atoms with van der Waals surface area (Å²) in [7, 11) is 1.76. The Morgan fingerprint density at radius 3 is 3.12 bits per heavy atom. The molecule has 4 rings (SSSR count). The van der Waals surface area contributed by atoms with Crippen LogP contribution in [0.2, 0.25) is 0 Å². The summed E-state index contributed by atoms with van der Waals surface area (Å²) >= 11 is 0. The van der Waals surface area contributed by atoms with Gasteiger partial charge in [-0.25, -0.2) is 4.79 Å². The first kappa shape index (κ1) is 16.4. The minimum Gasteiger partial charge on any atom is -0.464 e. The highest BCUT2D eigenvalue weighted by Crippen LogP contribution is 2.34. The van der Waals surface area contributed by atoms with Crippen molar-refractivity contribution in [2.45, 2.75) is 31.4 Å². The number of anilines is 1. The smallest absolute Gasteiger partial charge is 0.322 e. The molecule has 1 N–H and O–H groups in total. The summed E-state index contributed by atoms with van der Waals surface area (Å²) in [6.07, 6.45) is 5.14. The lowest BCUT2D eigenvalue weighted by Gasteiger charge is -2.40. The molecule has 1 aromatic heterocycles. The van der Waals surface area contributed by atoms with Crippen molar-refractivity contribution in [3.8, 4) is 0 Å². The molecule has 3 unspecified atom stereocenters. The summed E-state index contributed by atoms with van der Waals surface area (Å²) in [6.45, 7) is 1.76. The second-order valence-corrected chi connectivity index (χ2v) is 6.81. The van der Waals surface area contributed by atoms with Gasteiger partial charge in [0.2, 0.25) is 0 Å². The maximum absolute atomic E-state index is 12.9. The largest absolute Gasteiger partial charge is 0.464 e. The molecule has 6 heteroatoms. The highest BCUT2D eigenvalue weighted by Gasteiger charge is 2.40. The highest BCUT2D eigenvalue weighted by molar-refractivity contribution is 5.92. The molecule has 1 saturated carbocycles. The first-order chi connectivity index (χ1) is 12.3. The van der Waals surface area contributed by atoms with Crippen molar-refractivity contribution < 1.29 is 18.7 Å². The number of amides is 2. The van der Waals surface area contributed by atoms with E-state index < -0.39 is 0 Å². The van der Waals surface area contributed by atoms with Gasteiger partial charge in [-0.1, -0.05) is 6.42 Å². The van der Waals surface area contributed by atoms with Crippen LogP contribution in [0, 0.1) is 5.92 Å². The van der Waals surface area contributed by atoms with Gasteiger partial charge in [0.05, 0.1) is 31.6 Å². The molecule has 25 heavy (non-hydrogen) atoms. The van der Waals surface area contributed by atoms with E-state index in [4.69, 9.17) is 13.9 Å². The molecule has 0 bridgehead atoms. The van der Waals surface area contributed by atoms with Crippen LogP contribution in [-0.4, -0.2) is 49.9 Å². The van der Waals surface area contributed by atoms with E-state index in [9.17, 15) is 4.79 Å². The predicted molar refractivity (Wildman–Crippen MR) is 94.7 cm³/mol. The number of ether oxygens (including phenoxy) is 2. The number of hydrogen-bond donors (Lipinski definition) is 1. The minimum absolute atomic E-state index is 0.0635. The lowest BCUT2D eigenvalue weighted by molar-refractivity contribution is -0.0379. The molecule has 134 valence electrons. The summed E-state index contributed by atoms with van der Waals surface area (Å²) in [5.74, 6) is 0.337. The third kappa shape index (κ3) is 3.24. The fraction of sp³-hybridized carbons (Fsp3) is 0.526. The number of nitrogens with one attached hydrogen (secondary N) is 1. The van der Waals surface area contributed by atoms with Crippen LogP contribution < -0.4 is 5.32 Å². The normalized spacial score (nSPS) is 26.9. The van der Waals surface area contributed by atoms with Crippen molar-refractivity contribution in [3.63, 3.8) is 0 Å². The Hall–Kier alpha value is -2.05. The zero-order valence-corrected chi connectivity index (χ0v) is 14.4. The summed E-state index contributed by atoms with van der Waals surface area (Å²) in [5.41, 5.74) is 1.51. The highest BCUT2D eigenvalue weighted by atomic mass is 16.5. The third-order valence-electron chi connectivity index (χ3n) is 5.43. The zero-order valence-electron chi connectivity index (χ0n) is 14.4. The van der Waals surface area contributed by atoms with E-state index in [1.807, 2.05) is 29.2 Å². The molecule has 2 aromatic rings. The molecule has 2 amide bonds. The third-order valence-corrected chi connectivity index (χ3v) is 5.43. The lowest BCUT2D eigenvalue weighted by Crippen LogP contribution is -2.55. The summed E-state index contributed by atoms with van der Waals surface area (Å²) < 4.78 is 16.7. The minimum atomic E-state index is -0.0824. The fourth-order valence-corrected chi connectivity index (χ4v) is 4.14. The summed E-state index contributed by atoms with van der Waals surface area (Å²) in [4.78, 5) is 14.8. The molecule has 2 heterocycles. The average molecular weight is 344 g/mol.